The summed E-state index contributed by atoms with van der Waals surface area (Å²) in [4.78, 5) is 27.1. The van der Waals surface area contributed by atoms with Crippen LogP contribution in [0.3, 0.4) is 0 Å². The summed E-state index contributed by atoms with van der Waals surface area (Å²) in [5, 5.41) is 11.2. The molecule has 3 rings (SSSR count). The third kappa shape index (κ3) is 4.00. The molecule has 6 nitrogen and oxygen atoms in total. The van der Waals surface area contributed by atoms with Crippen molar-refractivity contribution < 1.29 is 9.72 Å². The number of hydrogen-bond acceptors (Lipinski definition) is 6. The van der Waals surface area contributed by atoms with Gasteiger partial charge in [0.25, 0.3) is 11.6 Å². The van der Waals surface area contributed by atoms with Gasteiger partial charge in [0.05, 0.1) is 15.5 Å². The maximum atomic E-state index is 12.9. The standard InChI is InChI=1S/C18H13Cl2N3O3S2/c1-21(2)11-3-5-12(6-4-11)22-17(24)16(28-18(22)27)8-10-7-15(23(25)26)14(20)9-13(10)19/h3-9H,1-2H3/b16-8-. The quantitative estimate of drug-likeness (QED) is 0.268. The summed E-state index contributed by atoms with van der Waals surface area (Å²) in [5.41, 5.74) is 1.67. The van der Waals surface area contributed by atoms with Crippen LogP contribution in [0.15, 0.2) is 41.3 Å². The Morgan fingerprint density at radius 2 is 1.82 bits per heavy atom. The number of amides is 1. The molecule has 1 amide bonds. The van der Waals surface area contributed by atoms with Gasteiger partial charge in [-0.2, -0.15) is 0 Å². The van der Waals surface area contributed by atoms with Gasteiger partial charge < -0.3 is 4.90 Å². The summed E-state index contributed by atoms with van der Waals surface area (Å²) >= 11 is 18.5. The van der Waals surface area contributed by atoms with Gasteiger partial charge >= 0.3 is 0 Å². The van der Waals surface area contributed by atoms with Crippen LogP contribution in [-0.2, 0) is 4.79 Å². The predicted molar refractivity (Wildman–Crippen MR) is 120 cm³/mol. The molecule has 1 aliphatic rings. The van der Waals surface area contributed by atoms with Crippen molar-refractivity contribution >= 4 is 80.5 Å². The van der Waals surface area contributed by atoms with Gasteiger partial charge in [-0.05, 0) is 36.4 Å². The zero-order valence-corrected chi connectivity index (χ0v) is 17.8. The number of rotatable bonds is 4. The summed E-state index contributed by atoms with van der Waals surface area (Å²) in [6.45, 7) is 0. The molecule has 2 aromatic carbocycles. The van der Waals surface area contributed by atoms with Crippen LogP contribution in [0.25, 0.3) is 6.08 Å². The molecule has 1 saturated heterocycles. The maximum absolute atomic E-state index is 12.9. The molecule has 1 aliphatic heterocycles. The smallest absolute Gasteiger partial charge is 0.288 e. The maximum Gasteiger partial charge on any atom is 0.288 e. The van der Waals surface area contributed by atoms with E-state index in [0.717, 1.165) is 17.4 Å². The Morgan fingerprint density at radius 3 is 2.39 bits per heavy atom. The molecule has 0 saturated carbocycles. The Morgan fingerprint density at radius 1 is 1.18 bits per heavy atom. The third-order valence-electron chi connectivity index (χ3n) is 3.97. The second-order valence-electron chi connectivity index (χ2n) is 6.01. The Balaban J connectivity index is 1.95. The van der Waals surface area contributed by atoms with Crippen LogP contribution in [0.4, 0.5) is 17.1 Å². The van der Waals surface area contributed by atoms with Crippen LogP contribution in [0.5, 0.6) is 0 Å². The first kappa shape index (κ1) is 20.6. The first-order valence-corrected chi connectivity index (χ1v) is 9.86. The number of carbonyl (C=O) groups is 1. The van der Waals surface area contributed by atoms with Crippen LogP contribution in [-0.4, -0.2) is 29.2 Å². The second kappa shape index (κ2) is 8.08. The van der Waals surface area contributed by atoms with E-state index in [4.69, 9.17) is 35.4 Å². The van der Waals surface area contributed by atoms with Crippen molar-refractivity contribution in [2.75, 3.05) is 23.9 Å². The van der Waals surface area contributed by atoms with E-state index in [2.05, 4.69) is 0 Å². The molecule has 0 N–H and O–H groups in total. The molecule has 0 unspecified atom stereocenters. The average molecular weight is 454 g/mol. The van der Waals surface area contributed by atoms with Crippen molar-refractivity contribution in [1.29, 1.82) is 0 Å². The van der Waals surface area contributed by atoms with Crippen LogP contribution < -0.4 is 9.80 Å². The fraction of sp³-hybridized carbons (Fsp3) is 0.111. The Labute approximate surface area is 180 Å². The SMILES string of the molecule is CN(C)c1ccc(N2C(=O)/C(=C/c3cc([N+](=O)[O-])c(Cl)cc3Cl)SC2=S)cc1. The van der Waals surface area contributed by atoms with Gasteiger partial charge in [0.15, 0.2) is 4.32 Å². The topological polar surface area (TPSA) is 66.7 Å². The lowest BCUT2D eigenvalue weighted by Gasteiger charge is -2.17. The van der Waals surface area contributed by atoms with Gasteiger partial charge in [-0.15, -0.1) is 0 Å². The van der Waals surface area contributed by atoms with E-state index in [1.165, 1.54) is 23.1 Å². The first-order valence-electron chi connectivity index (χ1n) is 7.88. The van der Waals surface area contributed by atoms with Crippen LogP contribution in [0, 0.1) is 10.1 Å². The second-order valence-corrected chi connectivity index (χ2v) is 8.50. The van der Waals surface area contributed by atoms with Gasteiger partial charge in [0.2, 0.25) is 0 Å². The normalized spacial score (nSPS) is 15.4. The molecule has 28 heavy (non-hydrogen) atoms. The third-order valence-corrected chi connectivity index (χ3v) is 5.90. The summed E-state index contributed by atoms with van der Waals surface area (Å²) in [6, 6.07) is 9.91. The number of thioether (sulfide) groups is 1. The monoisotopic (exact) mass is 453 g/mol. The first-order chi connectivity index (χ1) is 13.2. The van der Waals surface area contributed by atoms with Crippen LogP contribution in [0.1, 0.15) is 5.56 Å². The molecular formula is C18H13Cl2N3O3S2. The van der Waals surface area contributed by atoms with E-state index in [0.29, 0.717) is 20.5 Å². The summed E-state index contributed by atoms with van der Waals surface area (Å²) in [5.74, 6) is -0.318. The molecule has 0 radical (unpaired) electrons. The molecule has 1 heterocycles. The molecule has 0 aromatic heterocycles. The number of nitro benzene ring substituents is 1. The van der Waals surface area contributed by atoms with Crippen molar-refractivity contribution in [2.45, 2.75) is 0 Å². The van der Waals surface area contributed by atoms with Crippen LogP contribution >= 0.6 is 47.2 Å². The molecule has 0 spiro atoms. The van der Waals surface area contributed by atoms with Crippen LogP contribution in [0.2, 0.25) is 10.0 Å². The van der Waals surface area contributed by atoms with Gasteiger partial charge in [-0.1, -0.05) is 47.2 Å². The number of nitrogens with zero attached hydrogens (tertiary/aromatic N) is 3. The van der Waals surface area contributed by atoms with E-state index >= 15 is 0 Å². The highest BCUT2D eigenvalue weighted by Gasteiger charge is 2.33. The summed E-state index contributed by atoms with van der Waals surface area (Å²) in [6.07, 6.45) is 1.49. The summed E-state index contributed by atoms with van der Waals surface area (Å²) in [7, 11) is 3.85. The largest absolute Gasteiger partial charge is 0.378 e. The minimum atomic E-state index is -0.604. The number of carbonyl (C=O) groups excluding carboxylic acids is 1. The molecular weight excluding hydrogens is 441 g/mol. The number of hydrogen-bond donors (Lipinski definition) is 0. The number of nitro groups is 1. The van der Waals surface area contributed by atoms with Gasteiger partial charge in [0.1, 0.15) is 5.02 Å². The van der Waals surface area contributed by atoms with Gasteiger partial charge in [0, 0.05) is 36.4 Å². The molecule has 0 bridgehead atoms. The highest BCUT2D eigenvalue weighted by molar-refractivity contribution is 8.27. The van der Waals surface area contributed by atoms with E-state index in [9.17, 15) is 14.9 Å². The number of benzene rings is 2. The number of halogens is 2. The van der Waals surface area contributed by atoms with E-state index in [1.54, 1.807) is 0 Å². The minimum Gasteiger partial charge on any atom is -0.378 e. The predicted octanol–water partition coefficient (Wildman–Crippen LogP) is 5.37. The highest BCUT2D eigenvalue weighted by Crippen LogP contribution is 2.38. The Hall–Kier alpha value is -2.13. The van der Waals surface area contributed by atoms with Crippen molar-refractivity contribution in [1.82, 2.24) is 0 Å². The minimum absolute atomic E-state index is 0.0688. The molecule has 144 valence electrons. The fourth-order valence-electron chi connectivity index (χ4n) is 2.54. The lowest BCUT2D eigenvalue weighted by Crippen LogP contribution is -2.27. The zero-order valence-electron chi connectivity index (χ0n) is 14.7. The highest BCUT2D eigenvalue weighted by atomic mass is 35.5. The fourth-order valence-corrected chi connectivity index (χ4v) is 4.33. The van der Waals surface area contributed by atoms with E-state index in [1.807, 2.05) is 43.3 Å². The average Bonchev–Trinajstić information content (AvgIpc) is 2.90. The zero-order chi connectivity index (χ0) is 20.6. The molecule has 2 aromatic rings. The molecule has 0 aliphatic carbocycles. The molecule has 0 atom stereocenters. The van der Waals surface area contributed by atoms with Gasteiger partial charge in [-0.3, -0.25) is 19.8 Å². The molecule has 10 heteroatoms. The number of thiocarbonyl (C=S) groups is 1. The van der Waals surface area contributed by atoms with Crippen molar-refractivity contribution in [2.24, 2.45) is 0 Å². The lowest BCUT2D eigenvalue weighted by atomic mass is 10.1. The van der Waals surface area contributed by atoms with Gasteiger partial charge in [-0.25, -0.2) is 0 Å². The summed E-state index contributed by atoms with van der Waals surface area (Å²) < 4.78 is 0.369. The molecule has 1 fully saturated rings. The van der Waals surface area contributed by atoms with E-state index in [-0.39, 0.29) is 21.6 Å². The Kier molecular flexibility index (Phi) is 5.95. The van der Waals surface area contributed by atoms with E-state index < -0.39 is 4.92 Å². The number of anilines is 2. The Bertz CT molecular complexity index is 1020. The lowest BCUT2D eigenvalue weighted by molar-refractivity contribution is -0.384. The van der Waals surface area contributed by atoms with Crippen molar-refractivity contribution in [3.63, 3.8) is 0 Å². The van der Waals surface area contributed by atoms with Crippen molar-refractivity contribution in [3.05, 3.63) is 67.0 Å². The van der Waals surface area contributed by atoms with Crippen molar-refractivity contribution in [3.8, 4) is 0 Å².